The van der Waals surface area contributed by atoms with Crippen molar-refractivity contribution in [1.82, 2.24) is 4.98 Å². The molecule has 2 rings (SSSR count). The monoisotopic (exact) mass is 248 g/mol. The lowest BCUT2D eigenvalue weighted by Gasteiger charge is -2.28. The molecular weight excluding hydrogens is 228 g/mol. The summed E-state index contributed by atoms with van der Waals surface area (Å²) in [6.07, 6.45) is 4.32. The second kappa shape index (κ2) is 5.25. The molecule has 1 aromatic heterocycles. The quantitative estimate of drug-likeness (QED) is 0.360. The van der Waals surface area contributed by atoms with Crippen LogP contribution < -0.4 is 10.6 Å². The minimum absolute atomic E-state index is 0.119. The first kappa shape index (κ1) is 12.7. The normalized spacial score (nSPS) is 16.1. The van der Waals surface area contributed by atoms with E-state index in [0.29, 0.717) is 11.6 Å². The molecule has 98 valence electrons. The Balaban J connectivity index is 2.23. The van der Waals surface area contributed by atoms with Gasteiger partial charge in [0.15, 0.2) is 5.84 Å². The minimum Gasteiger partial charge on any atom is -0.409 e. The molecule has 5 heteroatoms. The first-order chi connectivity index (χ1) is 8.61. The second-order valence-electron chi connectivity index (χ2n) is 5.08. The maximum atomic E-state index is 8.71. The van der Waals surface area contributed by atoms with Gasteiger partial charge in [-0.1, -0.05) is 5.16 Å². The molecule has 1 saturated carbocycles. The van der Waals surface area contributed by atoms with Gasteiger partial charge in [0.2, 0.25) is 0 Å². The molecule has 0 radical (unpaired) electrons. The van der Waals surface area contributed by atoms with Gasteiger partial charge in [-0.05, 0) is 44.7 Å². The number of hydrogen-bond acceptors (Lipinski definition) is 4. The number of pyridine rings is 1. The summed E-state index contributed by atoms with van der Waals surface area (Å²) in [5, 5.41) is 11.7. The van der Waals surface area contributed by atoms with Crippen LogP contribution in [0.1, 0.15) is 32.3 Å². The molecule has 0 bridgehead atoms. The van der Waals surface area contributed by atoms with Gasteiger partial charge < -0.3 is 15.8 Å². The van der Waals surface area contributed by atoms with E-state index in [1.807, 2.05) is 6.07 Å². The van der Waals surface area contributed by atoms with E-state index in [0.717, 1.165) is 18.3 Å². The highest BCUT2D eigenvalue weighted by atomic mass is 16.4. The highest BCUT2D eigenvalue weighted by Crippen LogP contribution is 2.31. The van der Waals surface area contributed by atoms with Crippen molar-refractivity contribution < 1.29 is 5.21 Å². The van der Waals surface area contributed by atoms with E-state index in [4.69, 9.17) is 10.9 Å². The number of nitrogens with two attached hydrogens (primary N) is 1. The van der Waals surface area contributed by atoms with E-state index in [1.54, 1.807) is 12.3 Å². The average molecular weight is 248 g/mol. The van der Waals surface area contributed by atoms with Crippen LogP contribution in [0.4, 0.5) is 5.82 Å². The highest BCUT2D eigenvalue weighted by Gasteiger charge is 2.26. The minimum atomic E-state index is 0.119. The molecule has 0 aromatic carbocycles. The largest absolute Gasteiger partial charge is 0.409 e. The number of oxime groups is 1. The summed E-state index contributed by atoms with van der Waals surface area (Å²) in [6.45, 7) is 5.34. The van der Waals surface area contributed by atoms with E-state index < -0.39 is 0 Å². The second-order valence-corrected chi connectivity index (χ2v) is 5.08. The van der Waals surface area contributed by atoms with E-state index in [1.165, 1.54) is 12.8 Å². The van der Waals surface area contributed by atoms with Crippen LogP contribution in [0.25, 0.3) is 0 Å². The summed E-state index contributed by atoms with van der Waals surface area (Å²) >= 11 is 0. The van der Waals surface area contributed by atoms with Crippen molar-refractivity contribution in [2.45, 2.75) is 32.7 Å². The van der Waals surface area contributed by atoms with Crippen molar-refractivity contribution in [3.8, 4) is 0 Å². The molecule has 1 aromatic rings. The van der Waals surface area contributed by atoms with Gasteiger partial charge in [0.1, 0.15) is 5.82 Å². The predicted octanol–water partition coefficient (Wildman–Crippen LogP) is 1.80. The molecule has 0 atom stereocenters. The fourth-order valence-corrected chi connectivity index (χ4v) is 1.94. The standard InChI is InChI=1S/C13H20N4O/c1-9(2)17(8-10-3-4-10)12-7-11(5-6-15-12)13(14)16-18/h5-7,9-10,18H,3-4,8H2,1-2H3,(H2,14,16). The van der Waals surface area contributed by atoms with Crippen molar-refractivity contribution in [3.05, 3.63) is 23.9 Å². The molecule has 1 aliphatic carbocycles. The van der Waals surface area contributed by atoms with Crippen LogP contribution in [0.3, 0.4) is 0 Å². The van der Waals surface area contributed by atoms with Gasteiger partial charge in [0.05, 0.1) is 0 Å². The van der Waals surface area contributed by atoms with Crippen LogP contribution in [0.15, 0.2) is 23.5 Å². The molecule has 1 aliphatic rings. The van der Waals surface area contributed by atoms with E-state index in [9.17, 15) is 0 Å². The molecule has 0 saturated heterocycles. The number of nitrogens with zero attached hydrogens (tertiary/aromatic N) is 3. The Hall–Kier alpha value is -1.78. The van der Waals surface area contributed by atoms with Crippen molar-refractivity contribution in [1.29, 1.82) is 0 Å². The summed E-state index contributed by atoms with van der Waals surface area (Å²) in [5.41, 5.74) is 6.30. The van der Waals surface area contributed by atoms with Crippen LogP contribution >= 0.6 is 0 Å². The zero-order chi connectivity index (χ0) is 13.1. The summed E-state index contributed by atoms with van der Waals surface area (Å²) in [6, 6.07) is 4.01. The third-order valence-corrected chi connectivity index (χ3v) is 3.22. The summed E-state index contributed by atoms with van der Waals surface area (Å²) in [4.78, 5) is 6.66. The molecule has 3 N–H and O–H groups in total. The molecule has 0 unspecified atom stereocenters. The fraction of sp³-hybridized carbons (Fsp3) is 0.538. The molecule has 18 heavy (non-hydrogen) atoms. The van der Waals surface area contributed by atoms with Gasteiger partial charge in [0.25, 0.3) is 0 Å². The van der Waals surface area contributed by atoms with Crippen LogP contribution in [-0.2, 0) is 0 Å². The van der Waals surface area contributed by atoms with Crippen LogP contribution in [0.2, 0.25) is 0 Å². The lowest BCUT2D eigenvalue weighted by molar-refractivity contribution is 0.318. The van der Waals surface area contributed by atoms with Crippen LogP contribution in [0.5, 0.6) is 0 Å². The Bertz CT molecular complexity index is 440. The van der Waals surface area contributed by atoms with E-state index in [-0.39, 0.29) is 5.84 Å². The maximum Gasteiger partial charge on any atom is 0.170 e. The van der Waals surface area contributed by atoms with Crippen molar-refractivity contribution in [2.24, 2.45) is 16.8 Å². The Morgan fingerprint density at radius 1 is 1.61 bits per heavy atom. The van der Waals surface area contributed by atoms with Gasteiger partial charge in [-0.2, -0.15) is 0 Å². The van der Waals surface area contributed by atoms with Crippen molar-refractivity contribution in [3.63, 3.8) is 0 Å². The van der Waals surface area contributed by atoms with Crippen LogP contribution in [0, 0.1) is 5.92 Å². The third kappa shape index (κ3) is 2.91. The predicted molar refractivity (Wildman–Crippen MR) is 72.0 cm³/mol. The number of anilines is 1. The van der Waals surface area contributed by atoms with Crippen molar-refractivity contribution >= 4 is 11.7 Å². The Morgan fingerprint density at radius 3 is 2.89 bits per heavy atom. The van der Waals surface area contributed by atoms with Crippen molar-refractivity contribution in [2.75, 3.05) is 11.4 Å². The topological polar surface area (TPSA) is 74.7 Å². The third-order valence-electron chi connectivity index (χ3n) is 3.22. The molecule has 1 fully saturated rings. The first-order valence-corrected chi connectivity index (χ1v) is 6.32. The van der Waals surface area contributed by atoms with Crippen LogP contribution in [-0.4, -0.2) is 28.6 Å². The molecule has 0 aliphatic heterocycles. The Kier molecular flexibility index (Phi) is 3.69. The first-order valence-electron chi connectivity index (χ1n) is 6.32. The summed E-state index contributed by atoms with van der Waals surface area (Å²) in [7, 11) is 0. The SMILES string of the molecule is CC(C)N(CC1CC1)c1cc(C(N)=NO)ccn1. The fourth-order valence-electron chi connectivity index (χ4n) is 1.94. The maximum absolute atomic E-state index is 8.71. The zero-order valence-corrected chi connectivity index (χ0v) is 10.9. The van der Waals surface area contributed by atoms with Gasteiger partial charge in [-0.3, -0.25) is 0 Å². The highest BCUT2D eigenvalue weighted by molar-refractivity contribution is 5.97. The smallest absolute Gasteiger partial charge is 0.170 e. The van der Waals surface area contributed by atoms with Gasteiger partial charge in [-0.25, -0.2) is 4.98 Å². The molecule has 0 amide bonds. The van der Waals surface area contributed by atoms with E-state index >= 15 is 0 Å². The number of aromatic nitrogens is 1. The number of hydrogen-bond donors (Lipinski definition) is 2. The molecule has 5 nitrogen and oxygen atoms in total. The lowest BCUT2D eigenvalue weighted by atomic mass is 10.2. The van der Waals surface area contributed by atoms with E-state index in [2.05, 4.69) is 28.9 Å². The number of rotatable bonds is 5. The summed E-state index contributed by atoms with van der Waals surface area (Å²) < 4.78 is 0. The van der Waals surface area contributed by atoms with Gasteiger partial charge in [-0.15, -0.1) is 0 Å². The zero-order valence-electron chi connectivity index (χ0n) is 10.9. The summed E-state index contributed by atoms with van der Waals surface area (Å²) in [5.74, 6) is 1.80. The lowest BCUT2D eigenvalue weighted by Crippen LogP contribution is -2.33. The Morgan fingerprint density at radius 2 is 2.33 bits per heavy atom. The Labute approximate surface area is 107 Å². The van der Waals surface area contributed by atoms with Gasteiger partial charge in [0, 0.05) is 24.3 Å². The molecular formula is C13H20N4O. The molecule has 1 heterocycles. The number of amidine groups is 1. The van der Waals surface area contributed by atoms with Gasteiger partial charge >= 0.3 is 0 Å². The molecule has 0 spiro atoms. The average Bonchev–Trinajstić information content (AvgIpc) is 3.18.